The minimum atomic E-state index is -3.07. The highest BCUT2D eigenvalue weighted by Gasteiger charge is 2.36. The van der Waals surface area contributed by atoms with E-state index in [2.05, 4.69) is 9.64 Å². The summed E-state index contributed by atoms with van der Waals surface area (Å²) < 4.78 is 29.3. The Bertz CT molecular complexity index is 568. The third kappa shape index (κ3) is 2.84. The lowest BCUT2D eigenvalue weighted by molar-refractivity contribution is -0.386. The van der Waals surface area contributed by atoms with Crippen molar-refractivity contribution in [3.63, 3.8) is 0 Å². The number of nitro groups is 1. The Morgan fingerprint density at radius 3 is 2.77 bits per heavy atom. The van der Waals surface area contributed by atoms with Crippen LogP contribution in [0, 0.1) is 16.0 Å². The molecule has 3 rings (SSSR count). The van der Waals surface area contributed by atoms with E-state index in [4.69, 9.17) is 0 Å². The molecule has 0 N–H and O–H groups in total. The smallest absolute Gasteiger partial charge is 0.387 e. The fourth-order valence-electron chi connectivity index (χ4n) is 3.75. The number of halogens is 2. The van der Waals surface area contributed by atoms with Crippen molar-refractivity contribution >= 4 is 11.4 Å². The molecule has 1 heterocycles. The van der Waals surface area contributed by atoms with Crippen LogP contribution in [0.25, 0.3) is 0 Å². The van der Waals surface area contributed by atoms with Gasteiger partial charge in [-0.1, -0.05) is 12.8 Å². The zero-order valence-corrected chi connectivity index (χ0v) is 12.1. The molecule has 22 heavy (non-hydrogen) atoms. The number of ether oxygens (including phenoxy) is 1. The molecular weight excluding hydrogens is 294 g/mol. The van der Waals surface area contributed by atoms with Gasteiger partial charge in [0.25, 0.3) is 0 Å². The van der Waals surface area contributed by atoms with Crippen molar-refractivity contribution in [2.24, 2.45) is 5.92 Å². The van der Waals surface area contributed by atoms with Gasteiger partial charge in [-0.25, -0.2) is 0 Å². The quantitative estimate of drug-likeness (QED) is 0.623. The Hall–Kier alpha value is -1.92. The van der Waals surface area contributed by atoms with Gasteiger partial charge in [0.05, 0.1) is 4.92 Å². The van der Waals surface area contributed by atoms with Crippen LogP contribution in [-0.2, 0) is 0 Å². The van der Waals surface area contributed by atoms with Gasteiger partial charge in [-0.2, -0.15) is 8.78 Å². The summed E-state index contributed by atoms with van der Waals surface area (Å²) in [4.78, 5) is 12.4. The molecule has 0 aromatic heterocycles. The van der Waals surface area contributed by atoms with Crippen molar-refractivity contribution in [3.8, 4) is 5.75 Å². The Labute approximate surface area is 127 Å². The van der Waals surface area contributed by atoms with E-state index in [0.717, 1.165) is 25.1 Å². The number of alkyl halides is 2. The van der Waals surface area contributed by atoms with Crippen LogP contribution in [0.4, 0.5) is 20.2 Å². The lowest BCUT2D eigenvalue weighted by Crippen LogP contribution is -2.34. The molecule has 1 saturated carbocycles. The van der Waals surface area contributed by atoms with Crippen LogP contribution in [-0.4, -0.2) is 24.1 Å². The Kier molecular flexibility index (Phi) is 4.13. The van der Waals surface area contributed by atoms with E-state index in [1.807, 2.05) is 0 Å². The zero-order valence-electron chi connectivity index (χ0n) is 12.1. The van der Waals surface area contributed by atoms with Gasteiger partial charge in [-0.3, -0.25) is 10.1 Å². The van der Waals surface area contributed by atoms with Crippen molar-refractivity contribution in [1.82, 2.24) is 0 Å². The topological polar surface area (TPSA) is 55.6 Å². The molecular formula is C15H18F2N2O3. The van der Waals surface area contributed by atoms with Crippen LogP contribution >= 0.6 is 0 Å². The Morgan fingerprint density at radius 2 is 2.05 bits per heavy atom. The number of hydrogen-bond acceptors (Lipinski definition) is 4. The molecule has 1 aliphatic heterocycles. The van der Waals surface area contributed by atoms with Crippen LogP contribution in [0.1, 0.15) is 32.1 Å². The number of nitrogens with zero attached hydrogens (tertiary/aromatic N) is 2. The van der Waals surface area contributed by atoms with Crippen LogP contribution in [0.3, 0.4) is 0 Å². The fourth-order valence-corrected chi connectivity index (χ4v) is 3.75. The lowest BCUT2D eigenvalue weighted by atomic mass is 9.85. The van der Waals surface area contributed by atoms with E-state index in [0.29, 0.717) is 12.0 Å². The van der Waals surface area contributed by atoms with Crippen LogP contribution in [0.15, 0.2) is 18.2 Å². The summed E-state index contributed by atoms with van der Waals surface area (Å²) >= 11 is 0. The number of rotatable bonds is 4. The standard InChI is InChI=1S/C15H18F2N2O3/c16-15(17)22-14-9-11(5-6-13(14)19(20)21)18-8-7-10-3-1-2-4-12(10)18/h5-6,9-10,12,15H,1-4,7-8H2. The van der Waals surface area contributed by atoms with Gasteiger partial charge in [-0.15, -0.1) is 0 Å². The summed E-state index contributed by atoms with van der Waals surface area (Å²) in [5.41, 5.74) is 0.305. The molecule has 2 atom stereocenters. The summed E-state index contributed by atoms with van der Waals surface area (Å²) in [6.45, 7) is -2.21. The summed E-state index contributed by atoms with van der Waals surface area (Å²) in [7, 11) is 0. The molecule has 0 bridgehead atoms. The molecule has 1 saturated heterocycles. The van der Waals surface area contributed by atoms with Crippen molar-refractivity contribution in [1.29, 1.82) is 0 Å². The molecule has 1 aliphatic carbocycles. The van der Waals surface area contributed by atoms with E-state index in [9.17, 15) is 18.9 Å². The first-order valence-electron chi connectivity index (χ1n) is 7.56. The Balaban J connectivity index is 1.89. The largest absolute Gasteiger partial charge is 0.427 e. The second-order valence-electron chi connectivity index (χ2n) is 5.88. The molecule has 0 spiro atoms. The highest BCUT2D eigenvalue weighted by Crippen LogP contribution is 2.41. The third-order valence-electron chi connectivity index (χ3n) is 4.70. The van der Waals surface area contributed by atoms with Gasteiger partial charge in [-0.05, 0) is 31.2 Å². The van der Waals surface area contributed by atoms with E-state index in [1.54, 1.807) is 6.07 Å². The van der Waals surface area contributed by atoms with E-state index < -0.39 is 17.2 Å². The average molecular weight is 312 g/mol. The maximum Gasteiger partial charge on any atom is 0.387 e. The molecule has 1 aromatic rings. The van der Waals surface area contributed by atoms with Gasteiger partial charge in [0.15, 0.2) is 0 Å². The van der Waals surface area contributed by atoms with Gasteiger partial charge < -0.3 is 9.64 Å². The average Bonchev–Trinajstić information content (AvgIpc) is 2.90. The normalized spacial score (nSPS) is 24.4. The summed E-state index contributed by atoms with van der Waals surface area (Å²) in [6, 6.07) is 4.67. The molecule has 120 valence electrons. The second kappa shape index (κ2) is 6.06. The van der Waals surface area contributed by atoms with Crippen LogP contribution < -0.4 is 9.64 Å². The molecule has 5 nitrogen and oxygen atoms in total. The molecule has 2 fully saturated rings. The lowest BCUT2D eigenvalue weighted by Gasteiger charge is -2.33. The number of anilines is 1. The first-order chi connectivity index (χ1) is 10.6. The van der Waals surface area contributed by atoms with E-state index >= 15 is 0 Å². The fraction of sp³-hybridized carbons (Fsp3) is 0.600. The highest BCUT2D eigenvalue weighted by molar-refractivity contribution is 5.60. The number of fused-ring (bicyclic) bond motifs is 1. The first kappa shape index (κ1) is 15.0. The summed E-state index contributed by atoms with van der Waals surface area (Å²) in [5.74, 6) is 0.278. The third-order valence-corrected chi connectivity index (χ3v) is 4.70. The maximum absolute atomic E-state index is 12.5. The number of hydrogen-bond donors (Lipinski definition) is 0. The predicted molar refractivity (Wildman–Crippen MR) is 77.4 cm³/mol. The zero-order chi connectivity index (χ0) is 15.7. The predicted octanol–water partition coefficient (Wildman–Crippen LogP) is 3.97. The molecule has 7 heteroatoms. The molecule has 0 amide bonds. The van der Waals surface area contributed by atoms with Crippen molar-refractivity contribution < 1.29 is 18.4 Å². The molecule has 1 aromatic carbocycles. The SMILES string of the molecule is O=[N+]([O-])c1ccc(N2CCC3CCCCC32)cc1OC(F)F. The van der Waals surface area contributed by atoms with Gasteiger partial charge in [0.1, 0.15) is 0 Å². The number of nitro benzene ring substituents is 1. The molecule has 2 aliphatic rings. The van der Waals surface area contributed by atoms with Crippen molar-refractivity contribution in [3.05, 3.63) is 28.3 Å². The van der Waals surface area contributed by atoms with Crippen LogP contribution in [0.2, 0.25) is 0 Å². The van der Waals surface area contributed by atoms with Crippen molar-refractivity contribution in [2.75, 3.05) is 11.4 Å². The van der Waals surface area contributed by atoms with Gasteiger partial charge in [0.2, 0.25) is 5.75 Å². The summed E-state index contributed by atoms with van der Waals surface area (Å²) in [6.07, 6.45) is 5.80. The second-order valence-corrected chi connectivity index (χ2v) is 5.88. The maximum atomic E-state index is 12.5. The summed E-state index contributed by atoms with van der Waals surface area (Å²) in [5, 5.41) is 10.9. The highest BCUT2D eigenvalue weighted by atomic mass is 19.3. The van der Waals surface area contributed by atoms with Crippen LogP contribution in [0.5, 0.6) is 5.75 Å². The molecule has 0 radical (unpaired) electrons. The first-order valence-corrected chi connectivity index (χ1v) is 7.56. The van der Waals surface area contributed by atoms with Crippen molar-refractivity contribution in [2.45, 2.75) is 44.8 Å². The minimum absolute atomic E-state index is 0.364. The van der Waals surface area contributed by atoms with E-state index in [-0.39, 0.29) is 5.75 Å². The Morgan fingerprint density at radius 1 is 1.27 bits per heavy atom. The van der Waals surface area contributed by atoms with Gasteiger partial charge >= 0.3 is 12.3 Å². The molecule has 2 unspecified atom stereocenters. The monoisotopic (exact) mass is 312 g/mol. The number of benzene rings is 1. The van der Waals surface area contributed by atoms with Gasteiger partial charge in [0, 0.05) is 30.4 Å². The van der Waals surface area contributed by atoms with E-state index in [1.165, 1.54) is 31.4 Å². The minimum Gasteiger partial charge on any atom is -0.427 e.